The molecule has 2 saturated heterocycles. The van der Waals surface area contributed by atoms with Gasteiger partial charge in [-0.1, -0.05) is 37.6 Å². The van der Waals surface area contributed by atoms with E-state index >= 15 is 0 Å². The number of aryl methyl sites for hydroxylation is 1. The normalized spacial score (nSPS) is 21.3. The van der Waals surface area contributed by atoms with Crippen LogP contribution < -0.4 is 16.2 Å². The first-order valence-corrected chi connectivity index (χ1v) is 16.1. The van der Waals surface area contributed by atoms with Crippen molar-refractivity contribution >= 4 is 34.0 Å². The predicted molar refractivity (Wildman–Crippen MR) is 174 cm³/mol. The van der Waals surface area contributed by atoms with Crippen LogP contribution in [0.3, 0.4) is 0 Å². The van der Waals surface area contributed by atoms with E-state index in [1.54, 1.807) is 19.1 Å². The Hall–Kier alpha value is -3.89. The molecule has 3 aliphatic rings. The van der Waals surface area contributed by atoms with Crippen molar-refractivity contribution in [3.05, 3.63) is 75.6 Å². The van der Waals surface area contributed by atoms with Gasteiger partial charge in [0.15, 0.2) is 0 Å². The van der Waals surface area contributed by atoms with Gasteiger partial charge in [0.1, 0.15) is 17.7 Å². The number of carbonyl (C=O) groups is 2. The van der Waals surface area contributed by atoms with E-state index < -0.39 is 11.9 Å². The summed E-state index contributed by atoms with van der Waals surface area (Å²) in [5, 5.41) is 6.27. The first-order chi connectivity index (χ1) is 21.6. The van der Waals surface area contributed by atoms with E-state index in [-0.39, 0.29) is 35.5 Å². The first-order valence-electron chi connectivity index (χ1n) is 16.1. The van der Waals surface area contributed by atoms with Gasteiger partial charge >= 0.3 is 0 Å². The summed E-state index contributed by atoms with van der Waals surface area (Å²) in [5.41, 5.74) is 5.27. The fourth-order valence-electron chi connectivity index (χ4n) is 7.05. The number of fused-ring (bicyclic) bond motifs is 1. The van der Waals surface area contributed by atoms with E-state index in [9.17, 15) is 18.8 Å². The number of nitrogens with zero attached hydrogens (tertiary/aromatic N) is 4. The Bertz CT molecular complexity index is 1690. The highest BCUT2D eigenvalue weighted by atomic mass is 19.1. The van der Waals surface area contributed by atoms with Crippen molar-refractivity contribution in [2.24, 2.45) is 5.41 Å². The Morgan fingerprint density at radius 2 is 1.73 bits per heavy atom. The number of hydrogen-bond donors (Lipinski definition) is 2. The molecule has 10 heteroatoms. The monoisotopic (exact) mass is 614 g/mol. The Balaban J connectivity index is 1.08. The van der Waals surface area contributed by atoms with Crippen molar-refractivity contribution in [1.29, 1.82) is 0 Å². The summed E-state index contributed by atoms with van der Waals surface area (Å²) in [7, 11) is 0. The van der Waals surface area contributed by atoms with E-state index in [4.69, 9.17) is 0 Å². The minimum absolute atomic E-state index is 0.193. The topological polar surface area (TPSA) is 99.6 Å². The molecule has 6 rings (SSSR count). The molecule has 2 fully saturated rings. The lowest BCUT2D eigenvalue weighted by atomic mass is 9.72. The molecule has 2 amide bonds. The quantitative estimate of drug-likeness (QED) is 0.360. The van der Waals surface area contributed by atoms with Crippen molar-refractivity contribution in [1.82, 2.24) is 24.7 Å². The van der Waals surface area contributed by atoms with Gasteiger partial charge in [-0.3, -0.25) is 34.1 Å². The maximum atomic E-state index is 13.7. The van der Waals surface area contributed by atoms with Gasteiger partial charge in [0.25, 0.3) is 5.56 Å². The number of aromatic nitrogens is 2. The van der Waals surface area contributed by atoms with Gasteiger partial charge in [-0.15, -0.1) is 0 Å². The molecule has 2 N–H and O–H groups in total. The summed E-state index contributed by atoms with van der Waals surface area (Å²) in [5.74, 6) is -0.520. The summed E-state index contributed by atoms with van der Waals surface area (Å²) >= 11 is 0. The molecule has 3 heterocycles. The van der Waals surface area contributed by atoms with Gasteiger partial charge in [-0.05, 0) is 73.4 Å². The Labute approximate surface area is 263 Å². The van der Waals surface area contributed by atoms with Crippen molar-refractivity contribution in [3.63, 3.8) is 0 Å². The average Bonchev–Trinajstić information content (AvgIpc) is 3.00. The second-order valence-corrected chi connectivity index (χ2v) is 13.5. The minimum atomic E-state index is -0.751. The number of amides is 2. The molecule has 2 aliphatic heterocycles. The number of nitrogens with one attached hydrogen (secondary N) is 2. The van der Waals surface area contributed by atoms with Crippen LogP contribution in [0.25, 0.3) is 16.5 Å². The number of imide groups is 1. The van der Waals surface area contributed by atoms with Crippen molar-refractivity contribution in [3.8, 4) is 0 Å². The molecule has 45 heavy (non-hydrogen) atoms. The first kappa shape index (κ1) is 31.1. The number of halogens is 1. The molecule has 1 aromatic heterocycles. The van der Waals surface area contributed by atoms with Gasteiger partial charge < -0.3 is 5.32 Å². The highest BCUT2D eigenvalue weighted by Crippen LogP contribution is 2.43. The third kappa shape index (κ3) is 6.87. The van der Waals surface area contributed by atoms with E-state index in [1.807, 2.05) is 30.3 Å². The number of benzene rings is 2. The Morgan fingerprint density at radius 3 is 2.47 bits per heavy atom. The van der Waals surface area contributed by atoms with Gasteiger partial charge in [-0.25, -0.2) is 9.37 Å². The average molecular weight is 615 g/mol. The van der Waals surface area contributed by atoms with Crippen molar-refractivity contribution < 1.29 is 14.0 Å². The molecule has 0 bridgehead atoms. The zero-order chi connectivity index (χ0) is 31.7. The fraction of sp³-hybridized carbons (Fsp3) is 0.486. The molecule has 0 radical (unpaired) electrons. The van der Waals surface area contributed by atoms with Gasteiger partial charge in [0.2, 0.25) is 11.8 Å². The highest BCUT2D eigenvalue weighted by Gasteiger charge is 2.31. The minimum Gasteiger partial charge on any atom is -0.383 e. The lowest BCUT2D eigenvalue weighted by Gasteiger charge is -2.38. The van der Waals surface area contributed by atoms with Crippen LogP contribution in [0.2, 0.25) is 0 Å². The van der Waals surface area contributed by atoms with Crippen LogP contribution in [-0.4, -0.2) is 77.0 Å². The number of rotatable bonds is 8. The molecule has 1 unspecified atom stereocenters. The van der Waals surface area contributed by atoms with Crippen LogP contribution in [0.5, 0.6) is 0 Å². The van der Waals surface area contributed by atoms with Crippen LogP contribution in [0, 0.1) is 18.2 Å². The molecule has 1 atom stereocenters. The smallest absolute Gasteiger partial charge is 0.264 e. The van der Waals surface area contributed by atoms with Crippen LogP contribution in [-0.2, 0) is 9.59 Å². The molecular formula is C35H43FN6O3. The molecule has 0 spiro atoms. The largest absolute Gasteiger partial charge is 0.383 e. The highest BCUT2D eigenvalue weighted by molar-refractivity contribution is 5.99. The molecular weight excluding hydrogens is 571 g/mol. The summed E-state index contributed by atoms with van der Waals surface area (Å²) < 4.78 is 15.1. The molecule has 2 aromatic carbocycles. The van der Waals surface area contributed by atoms with Gasteiger partial charge in [-0.2, -0.15) is 0 Å². The fourth-order valence-corrected chi connectivity index (χ4v) is 7.05. The maximum absolute atomic E-state index is 13.7. The summed E-state index contributed by atoms with van der Waals surface area (Å²) in [6, 6.07) is 11.8. The third-order valence-electron chi connectivity index (χ3n) is 9.63. The number of piperidine rings is 1. The summed E-state index contributed by atoms with van der Waals surface area (Å²) in [6.07, 6.45) is 3.73. The Kier molecular flexibility index (Phi) is 8.88. The third-order valence-corrected chi connectivity index (χ3v) is 9.63. The molecule has 238 valence electrons. The second-order valence-electron chi connectivity index (χ2n) is 13.5. The summed E-state index contributed by atoms with van der Waals surface area (Å²) in [6.45, 7) is 12.7. The number of piperazine rings is 1. The van der Waals surface area contributed by atoms with Crippen molar-refractivity contribution in [2.75, 3.05) is 51.1 Å². The molecule has 0 saturated carbocycles. The van der Waals surface area contributed by atoms with Crippen LogP contribution in [0.4, 0.5) is 10.1 Å². The van der Waals surface area contributed by atoms with E-state index in [1.165, 1.54) is 22.1 Å². The van der Waals surface area contributed by atoms with Crippen LogP contribution >= 0.6 is 0 Å². The van der Waals surface area contributed by atoms with Gasteiger partial charge in [0, 0.05) is 57.9 Å². The molecule has 9 nitrogen and oxygen atoms in total. The summed E-state index contributed by atoms with van der Waals surface area (Å²) in [4.78, 5) is 47.6. The SMILES string of the molecule is Cc1nc2cccc(NCCN3CCN(CC4=C(c5ccc(F)cc5)CC(C)(C)CC4)CC3)c2c(=O)n1C1CCC(=O)NC1=O. The maximum Gasteiger partial charge on any atom is 0.264 e. The van der Waals surface area contributed by atoms with Crippen LogP contribution in [0.15, 0.2) is 52.8 Å². The van der Waals surface area contributed by atoms with E-state index in [2.05, 4.69) is 39.3 Å². The number of allylic oxidation sites excluding steroid dienone is 1. The number of carbonyl (C=O) groups excluding carboxylic acids is 2. The number of anilines is 1. The van der Waals surface area contributed by atoms with E-state index in [0.29, 0.717) is 29.0 Å². The second kappa shape index (κ2) is 12.8. The molecule has 3 aromatic rings. The standard InChI is InChI=1S/C35H43FN6O3/c1-23-38-29-6-4-5-28(32(29)34(45)42(23)30-11-12-31(43)39-33(30)44)37-15-16-40-17-19-41(20-18-40)22-25-13-14-35(2,3)21-27(25)24-7-9-26(36)10-8-24/h4-10,30,37H,11-22H2,1-3H3,(H,39,43,44). The zero-order valence-corrected chi connectivity index (χ0v) is 26.5. The van der Waals surface area contributed by atoms with Crippen molar-refractivity contribution in [2.45, 2.75) is 58.9 Å². The van der Waals surface area contributed by atoms with Gasteiger partial charge in [0.05, 0.1) is 10.9 Å². The Morgan fingerprint density at radius 1 is 1.00 bits per heavy atom. The lowest BCUT2D eigenvalue weighted by molar-refractivity contribution is -0.135. The lowest BCUT2D eigenvalue weighted by Crippen LogP contribution is -2.48. The number of hydrogen-bond acceptors (Lipinski definition) is 7. The predicted octanol–water partition coefficient (Wildman–Crippen LogP) is 4.52. The van der Waals surface area contributed by atoms with E-state index in [0.717, 1.165) is 57.7 Å². The molecule has 1 aliphatic carbocycles. The zero-order valence-electron chi connectivity index (χ0n) is 26.5. The van der Waals surface area contributed by atoms with Crippen LogP contribution in [0.1, 0.15) is 63.4 Å².